The van der Waals surface area contributed by atoms with Gasteiger partial charge in [0.05, 0.1) is 22.2 Å². The Morgan fingerprint density at radius 3 is 2.27 bits per heavy atom. The Hall–Kier alpha value is -1.56. The summed E-state index contributed by atoms with van der Waals surface area (Å²) >= 11 is 3.14. The number of carbonyl (C=O) groups is 2. The Balaban J connectivity index is 2.63. The van der Waals surface area contributed by atoms with Crippen molar-refractivity contribution in [2.45, 2.75) is 45.4 Å². The van der Waals surface area contributed by atoms with E-state index >= 15 is 0 Å². The smallest absolute Gasteiger partial charge is 0.337 e. The minimum atomic E-state index is -1.30. The van der Waals surface area contributed by atoms with E-state index in [0.29, 0.717) is 12.4 Å². The van der Waals surface area contributed by atoms with Crippen LogP contribution in [0.3, 0.4) is 0 Å². The van der Waals surface area contributed by atoms with E-state index in [1.165, 1.54) is 31.4 Å². The maximum atomic E-state index is 11.2. The number of halogens is 1. The Labute approximate surface area is 138 Å². The summed E-state index contributed by atoms with van der Waals surface area (Å²) in [6.07, 6.45) is 6.78. The van der Waals surface area contributed by atoms with Crippen LogP contribution < -0.4 is 4.74 Å². The molecule has 0 radical (unpaired) electrons. The first-order valence-electron chi connectivity index (χ1n) is 7.41. The predicted octanol–water partition coefficient (Wildman–Crippen LogP) is 4.58. The van der Waals surface area contributed by atoms with E-state index in [1.54, 1.807) is 0 Å². The molecule has 0 saturated carbocycles. The van der Waals surface area contributed by atoms with Crippen molar-refractivity contribution in [2.24, 2.45) is 0 Å². The number of carboxylic acid groups (broad SMARTS) is 2. The fourth-order valence-corrected chi connectivity index (χ4v) is 2.75. The van der Waals surface area contributed by atoms with Crippen molar-refractivity contribution in [1.82, 2.24) is 0 Å². The summed E-state index contributed by atoms with van der Waals surface area (Å²) in [6, 6.07) is 2.74. The fraction of sp³-hybridized carbons (Fsp3) is 0.500. The number of rotatable bonds is 10. The molecule has 2 N–H and O–H groups in total. The molecule has 0 bridgehead atoms. The summed E-state index contributed by atoms with van der Waals surface area (Å²) in [5.74, 6) is -2.22. The Bertz CT molecular complexity index is 528. The van der Waals surface area contributed by atoms with Crippen molar-refractivity contribution >= 4 is 27.9 Å². The van der Waals surface area contributed by atoms with Gasteiger partial charge in [-0.1, -0.05) is 39.0 Å². The van der Waals surface area contributed by atoms with Crippen molar-refractivity contribution in [3.8, 4) is 5.75 Å². The van der Waals surface area contributed by atoms with Crippen molar-refractivity contribution in [1.29, 1.82) is 0 Å². The minimum absolute atomic E-state index is 0.172. The Morgan fingerprint density at radius 2 is 1.68 bits per heavy atom. The molecular weight excluding hydrogens is 352 g/mol. The van der Waals surface area contributed by atoms with Gasteiger partial charge in [0, 0.05) is 0 Å². The van der Waals surface area contributed by atoms with Gasteiger partial charge in [0.2, 0.25) is 0 Å². The highest BCUT2D eigenvalue weighted by Crippen LogP contribution is 2.31. The van der Waals surface area contributed by atoms with Crippen LogP contribution in [0.15, 0.2) is 16.6 Å². The van der Waals surface area contributed by atoms with Crippen LogP contribution in [0.2, 0.25) is 0 Å². The molecule has 0 aliphatic carbocycles. The largest absolute Gasteiger partial charge is 0.492 e. The van der Waals surface area contributed by atoms with E-state index in [4.69, 9.17) is 14.9 Å². The second-order valence-corrected chi connectivity index (χ2v) is 5.82. The van der Waals surface area contributed by atoms with Gasteiger partial charge in [-0.15, -0.1) is 0 Å². The summed E-state index contributed by atoms with van der Waals surface area (Å²) in [6.45, 7) is 2.65. The first-order chi connectivity index (χ1) is 10.5. The van der Waals surface area contributed by atoms with Crippen LogP contribution >= 0.6 is 15.9 Å². The SMILES string of the molecule is CCCCCCCCOc1ccc(C(=O)O)c(C(=O)O)c1Br. The van der Waals surface area contributed by atoms with Gasteiger partial charge in [0.15, 0.2) is 0 Å². The van der Waals surface area contributed by atoms with Gasteiger partial charge in [-0.25, -0.2) is 9.59 Å². The molecule has 1 aromatic carbocycles. The van der Waals surface area contributed by atoms with Crippen LogP contribution in [-0.4, -0.2) is 28.8 Å². The number of ether oxygens (including phenoxy) is 1. The summed E-state index contributed by atoms with van der Waals surface area (Å²) in [4.78, 5) is 22.3. The number of carboxylic acids is 2. The van der Waals surface area contributed by atoms with Gasteiger partial charge in [-0.2, -0.15) is 0 Å². The minimum Gasteiger partial charge on any atom is -0.492 e. The molecule has 0 aliphatic heterocycles. The summed E-state index contributed by atoms with van der Waals surface area (Å²) < 4.78 is 5.74. The fourth-order valence-electron chi connectivity index (χ4n) is 2.12. The molecular formula is C16H21BrO5. The molecule has 1 aromatic rings. The van der Waals surface area contributed by atoms with Gasteiger partial charge in [-0.05, 0) is 34.5 Å². The molecule has 6 heteroatoms. The number of hydrogen-bond acceptors (Lipinski definition) is 3. The molecule has 1 rings (SSSR count). The molecule has 0 atom stereocenters. The zero-order valence-corrected chi connectivity index (χ0v) is 14.2. The molecule has 0 aromatic heterocycles. The van der Waals surface area contributed by atoms with Crippen molar-refractivity contribution < 1.29 is 24.5 Å². The quantitative estimate of drug-likeness (QED) is 0.587. The lowest BCUT2D eigenvalue weighted by atomic mass is 10.1. The van der Waals surface area contributed by atoms with E-state index in [2.05, 4.69) is 22.9 Å². The Kier molecular flexibility index (Phi) is 7.95. The lowest BCUT2D eigenvalue weighted by Gasteiger charge is -2.11. The normalized spacial score (nSPS) is 10.5. The molecule has 5 nitrogen and oxygen atoms in total. The highest BCUT2D eigenvalue weighted by atomic mass is 79.9. The highest BCUT2D eigenvalue weighted by Gasteiger charge is 2.22. The van der Waals surface area contributed by atoms with Gasteiger partial charge in [0.1, 0.15) is 5.75 Å². The number of unbranched alkanes of at least 4 members (excludes halogenated alkanes) is 5. The number of benzene rings is 1. The van der Waals surface area contributed by atoms with Crippen LogP contribution in [0.25, 0.3) is 0 Å². The molecule has 22 heavy (non-hydrogen) atoms. The van der Waals surface area contributed by atoms with Crippen LogP contribution in [0.1, 0.15) is 66.2 Å². The highest BCUT2D eigenvalue weighted by molar-refractivity contribution is 9.10. The molecule has 0 amide bonds. The molecule has 0 aliphatic rings. The number of hydrogen-bond donors (Lipinski definition) is 2. The summed E-state index contributed by atoms with van der Waals surface area (Å²) in [5.41, 5.74) is -0.542. The van der Waals surface area contributed by atoms with E-state index in [-0.39, 0.29) is 15.6 Å². The molecule has 0 saturated heterocycles. The van der Waals surface area contributed by atoms with Gasteiger partial charge in [0.25, 0.3) is 0 Å². The van der Waals surface area contributed by atoms with Gasteiger partial charge < -0.3 is 14.9 Å². The third-order valence-electron chi connectivity index (χ3n) is 3.31. The van der Waals surface area contributed by atoms with Crippen LogP contribution in [0.5, 0.6) is 5.75 Å². The molecule has 122 valence electrons. The zero-order valence-electron chi connectivity index (χ0n) is 12.6. The summed E-state index contributed by atoms with van der Waals surface area (Å²) in [7, 11) is 0. The zero-order chi connectivity index (χ0) is 16.5. The topological polar surface area (TPSA) is 83.8 Å². The van der Waals surface area contributed by atoms with E-state index < -0.39 is 11.9 Å². The van der Waals surface area contributed by atoms with Crippen molar-refractivity contribution in [3.05, 3.63) is 27.7 Å². The van der Waals surface area contributed by atoms with E-state index in [9.17, 15) is 9.59 Å². The third kappa shape index (κ3) is 5.33. The molecule has 0 spiro atoms. The molecule has 0 unspecified atom stereocenters. The van der Waals surface area contributed by atoms with Gasteiger partial charge >= 0.3 is 11.9 Å². The van der Waals surface area contributed by atoms with E-state index in [1.807, 2.05) is 0 Å². The maximum Gasteiger partial charge on any atom is 0.337 e. The lowest BCUT2D eigenvalue weighted by Crippen LogP contribution is -2.10. The maximum absolute atomic E-state index is 11.2. The third-order valence-corrected chi connectivity index (χ3v) is 4.09. The predicted molar refractivity (Wildman–Crippen MR) is 86.9 cm³/mol. The second-order valence-electron chi connectivity index (χ2n) is 5.03. The van der Waals surface area contributed by atoms with Crippen molar-refractivity contribution in [3.63, 3.8) is 0 Å². The van der Waals surface area contributed by atoms with Gasteiger partial charge in [-0.3, -0.25) is 0 Å². The lowest BCUT2D eigenvalue weighted by molar-refractivity contribution is 0.0650. The Morgan fingerprint density at radius 1 is 1.05 bits per heavy atom. The monoisotopic (exact) mass is 372 g/mol. The average molecular weight is 373 g/mol. The molecule has 0 fully saturated rings. The summed E-state index contributed by atoms with van der Waals surface area (Å²) in [5, 5.41) is 18.2. The first-order valence-corrected chi connectivity index (χ1v) is 8.20. The molecule has 0 heterocycles. The van der Waals surface area contributed by atoms with Crippen molar-refractivity contribution in [2.75, 3.05) is 6.61 Å². The first kappa shape index (κ1) is 18.5. The van der Waals surface area contributed by atoms with Crippen LogP contribution in [0.4, 0.5) is 0 Å². The van der Waals surface area contributed by atoms with E-state index in [0.717, 1.165) is 19.3 Å². The second kappa shape index (κ2) is 9.46. The standard InChI is InChI=1S/C16H21BrO5/c1-2-3-4-5-6-7-10-22-12-9-8-11(15(18)19)13(14(12)17)16(20)21/h8-9H,2-7,10H2,1H3,(H,18,19)(H,20,21). The number of aromatic carboxylic acids is 2. The average Bonchev–Trinajstić information content (AvgIpc) is 2.46. The van der Waals surface area contributed by atoms with Crippen LogP contribution in [0, 0.1) is 0 Å². The van der Waals surface area contributed by atoms with Crippen LogP contribution in [-0.2, 0) is 0 Å².